The molecule has 4 aromatic rings. The number of nitrogens with zero attached hydrogens (tertiary/aromatic N) is 4. The smallest absolute Gasteiger partial charge is 0.404 e. The Bertz CT molecular complexity index is 1880. The van der Waals surface area contributed by atoms with Crippen molar-refractivity contribution < 1.29 is 29.4 Å². The molecule has 2 aliphatic carbocycles. The van der Waals surface area contributed by atoms with Crippen LogP contribution in [0.15, 0.2) is 60.9 Å². The van der Waals surface area contributed by atoms with Gasteiger partial charge in [-0.25, -0.2) is 19.6 Å². The number of aromatic nitrogens is 4. The first-order valence-corrected chi connectivity index (χ1v) is 20.1. The van der Waals surface area contributed by atoms with Crippen molar-refractivity contribution in [2.24, 2.45) is 11.8 Å². The molecular weight excluding hydrogens is 713 g/mol. The third-order valence-electron chi connectivity index (χ3n) is 12.4. The summed E-state index contributed by atoms with van der Waals surface area (Å²) in [5, 5.41) is 23.2. The Kier molecular flexibility index (Phi) is 10.8. The van der Waals surface area contributed by atoms with E-state index < -0.39 is 12.2 Å². The van der Waals surface area contributed by atoms with Crippen LogP contribution in [0.2, 0.25) is 0 Å². The summed E-state index contributed by atoms with van der Waals surface area (Å²) >= 11 is 0. The highest BCUT2D eigenvalue weighted by molar-refractivity contribution is 5.80. The van der Waals surface area contributed by atoms with Gasteiger partial charge in [-0.05, 0) is 99.3 Å². The molecule has 2 aliphatic heterocycles. The second-order valence-corrected chi connectivity index (χ2v) is 15.9. The van der Waals surface area contributed by atoms with Crippen molar-refractivity contribution in [1.29, 1.82) is 0 Å². The van der Waals surface area contributed by atoms with Gasteiger partial charge >= 0.3 is 12.2 Å². The predicted molar refractivity (Wildman–Crippen MR) is 208 cm³/mol. The molecule has 2 aromatic heterocycles. The number of carbonyl (C=O) groups excluding carboxylic acids is 2. The summed E-state index contributed by atoms with van der Waals surface area (Å²) in [6.07, 6.45) is 10.8. The predicted octanol–water partition coefficient (Wildman–Crippen LogP) is 7.11. The van der Waals surface area contributed by atoms with Crippen molar-refractivity contribution in [2.45, 2.75) is 101 Å². The minimum Gasteiger partial charge on any atom is -0.465 e. The van der Waals surface area contributed by atoms with E-state index in [0.29, 0.717) is 64.5 Å². The van der Waals surface area contributed by atoms with Gasteiger partial charge in [0.2, 0.25) is 11.8 Å². The lowest BCUT2D eigenvalue weighted by molar-refractivity contribution is -0.138. The number of amides is 4. The average molecular weight is 763 g/mol. The molecule has 2 saturated heterocycles. The van der Waals surface area contributed by atoms with Gasteiger partial charge in [0.1, 0.15) is 11.6 Å². The van der Waals surface area contributed by atoms with Gasteiger partial charge in [-0.15, -0.1) is 0 Å². The Morgan fingerprint density at radius 2 is 0.893 bits per heavy atom. The number of H-pyrrole nitrogens is 2. The van der Waals surface area contributed by atoms with Crippen LogP contribution in [-0.2, 0) is 9.59 Å². The van der Waals surface area contributed by atoms with Crippen LogP contribution in [0.25, 0.3) is 33.6 Å². The molecule has 0 bridgehead atoms. The summed E-state index contributed by atoms with van der Waals surface area (Å²) in [5.41, 5.74) is 5.99. The fourth-order valence-electron chi connectivity index (χ4n) is 9.41. The van der Waals surface area contributed by atoms with Crippen LogP contribution in [0.5, 0.6) is 0 Å². The SMILES string of the molecule is O=C(O)NC1CCC(C(=O)N2CCC[C@H]2c2ncc(-c3ccc(-c4ccc(-c5cnc([C@@H]6CCCN6C(=O)C6CCC(NC(=O)O)CC6)[nH]5)cc4)cc3)[nH]2)CC1. The van der Waals surface area contributed by atoms with Gasteiger partial charge in [0, 0.05) is 37.0 Å². The number of benzene rings is 2. The number of imidazole rings is 2. The lowest BCUT2D eigenvalue weighted by atomic mass is 9.85. The molecule has 0 unspecified atom stereocenters. The highest BCUT2D eigenvalue weighted by Crippen LogP contribution is 2.38. The van der Waals surface area contributed by atoms with Crippen LogP contribution in [0.4, 0.5) is 9.59 Å². The molecule has 294 valence electrons. The summed E-state index contributed by atoms with van der Waals surface area (Å²) in [4.78, 5) is 69.5. The van der Waals surface area contributed by atoms with Gasteiger partial charge < -0.3 is 40.6 Å². The number of nitrogens with one attached hydrogen (secondary N) is 4. The maximum atomic E-state index is 13.5. The lowest BCUT2D eigenvalue weighted by Crippen LogP contribution is -2.41. The minimum absolute atomic E-state index is 0.0789. The van der Waals surface area contributed by atoms with Crippen molar-refractivity contribution >= 4 is 24.0 Å². The van der Waals surface area contributed by atoms with Crippen molar-refractivity contribution in [1.82, 2.24) is 40.4 Å². The van der Waals surface area contributed by atoms with Gasteiger partial charge in [0.25, 0.3) is 0 Å². The molecular formula is C42H50N8O6. The number of rotatable bonds is 9. The van der Waals surface area contributed by atoms with Crippen molar-refractivity contribution in [3.63, 3.8) is 0 Å². The maximum Gasteiger partial charge on any atom is 0.404 e. The highest BCUT2D eigenvalue weighted by atomic mass is 16.4. The van der Waals surface area contributed by atoms with E-state index in [1.165, 1.54) is 0 Å². The van der Waals surface area contributed by atoms with Gasteiger partial charge in [0.15, 0.2) is 0 Å². The molecule has 0 spiro atoms. The van der Waals surface area contributed by atoms with E-state index in [9.17, 15) is 19.2 Å². The van der Waals surface area contributed by atoms with Crippen LogP contribution in [0.3, 0.4) is 0 Å². The van der Waals surface area contributed by atoms with Crippen molar-refractivity contribution in [3.8, 4) is 33.6 Å². The molecule has 56 heavy (non-hydrogen) atoms. The van der Waals surface area contributed by atoms with E-state index in [2.05, 4.69) is 69.1 Å². The number of aromatic amines is 2. The van der Waals surface area contributed by atoms with Gasteiger partial charge in [-0.1, -0.05) is 48.5 Å². The fourth-order valence-corrected chi connectivity index (χ4v) is 9.41. The summed E-state index contributed by atoms with van der Waals surface area (Å²) in [6, 6.07) is 16.4. The van der Waals surface area contributed by atoms with Gasteiger partial charge in [0.05, 0.1) is 35.9 Å². The van der Waals surface area contributed by atoms with E-state index in [1.54, 1.807) is 0 Å². The minimum atomic E-state index is -1.01. The van der Waals surface area contributed by atoms with Gasteiger partial charge in [-0.2, -0.15) is 0 Å². The Hall–Kier alpha value is -5.66. The van der Waals surface area contributed by atoms with Crippen LogP contribution in [-0.4, -0.2) is 89.1 Å². The van der Waals surface area contributed by atoms with E-state index in [1.807, 2.05) is 22.2 Å². The van der Waals surface area contributed by atoms with E-state index >= 15 is 0 Å². The average Bonchev–Trinajstić information content (AvgIpc) is 4.05. The lowest BCUT2D eigenvalue weighted by Gasteiger charge is -2.32. The zero-order chi connectivity index (χ0) is 38.8. The molecule has 4 amide bonds. The summed E-state index contributed by atoms with van der Waals surface area (Å²) in [5.74, 6) is 1.75. The van der Waals surface area contributed by atoms with Crippen LogP contribution < -0.4 is 10.6 Å². The largest absolute Gasteiger partial charge is 0.465 e. The monoisotopic (exact) mass is 762 g/mol. The molecule has 2 atom stereocenters. The molecule has 4 aliphatic rings. The first-order chi connectivity index (χ1) is 27.2. The Balaban J connectivity index is 0.870. The summed E-state index contributed by atoms with van der Waals surface area (Å²) < 4.78 is 0. The second kappa shape index (κ2) is 16.2. The highest BCUT2D eigenvalue weighted by Gasteiger charge is 2.39. The molecule has 14 heteroatoms. The summed E-state index contributed by atoms with van der Waals surface area (Å²) in [6.45, 7) is 1.42. The van der Waals surface area contributed by atoms with Gasteiger partial charge in [-0.3, -0.25) is 9.59 Å². The molecule has 0 radical (unpaired) electrons. The van der Waals surface area contributed by atoms with E-state index in [4.69, 9.17) is 20.2 Å². The first kappa shape index (κ1) is 37.3. The maximum absolute atomic E-state index is 13.5. The van der Waals surface area contributed by atoms with E-state index in [0.717, 1.165) is 71.0 Å². The molecule has 4 fully saturated rings. The number of likely N-dealkylation sites (tertiary alicyclic amines) is 2. The zero-order valence-electron chi connectivity index (χ0n) is 31.5. The van der Waals surface area contributed by atoms with Crippen molar-refractivity contribution in [3.05, 3.63) is 72.6 Å². The normalized spacial score (nSPS) is 25.2. The summed E-state index contributed by atoms with van der Waals surface area (Å²) in [7, 11) is 0. The Morgan fingerprint density at radius 3 is 1.25 bits per heavy atom. The standard InChI is InChI=1S/C42H50N8O6/c51-39(29-13-17-31(18-14-29)45-41(53)54)49-21-1-3-35(49)37-43-23-33(47-37)27-9-5-25(6-10-27)26-7-11-28(12-8-26)34-24-44-38(48-34)36-4-2-22-50(36)40(52)30-15-19-32(20-16-30)46-42(55)56/h5-12,23-24,29-32,35-36,45-46H,1-4,13-22H2,(H,43,47)(H,44,48)(H,53,54)(H,55,56)/t29?,30?,31?,32?,35-,36-/m0/s1. The number of hydrogen-bond donors (Lipinski definition) is 6. The second-order valence-electron chi connectivity index (χ2n) is 15.9. The van der Waals surface area contributed by atoms with Crippen LogP contribution >= 0.6 is 0 Å². The Morgan fingerprint density at radius 1 is 0.536 bits per heavy atom. The molecule has 14 nitrogen and oxygen atoms in total. The van der Waals surface area contributed by atoms with Crippen LogP contribution in [0.1, 0.15) is 101 Å². The molecule has 2 aromatic carbocycles. The van der Waals surface area contributed by atoms with Crippen molar-refractivity contribution in [2.75, 3.05) is 13.1 Å². The number of hydrogen-bond acceptors (Lipinski definition) is 6. The number of carboxylic acid groups (broad SMARTS) is 2. The molecule has 6 N–H and O–H groups in total. The molecule has 2 saturated carbocycles. The topological polar surface area (TPSA) is 197 Å². The third kappa shape index (κ3) is 8.00. The zero-order valence-corrected chi connectivity index (χ0v) is 31.5. The third-order valence-corrected chi connectivity index (χ3v) is 12.4. The molecule has 4 heterocycles. The molecule has 8 rings (SSSR count). The Labute approximate surface area is 325 Å². The fraction of sp³-hybridized carbons (Fsp3) is 0.476. The van der Waals surface area contributed by atoms with E-state index in [-0.39, 0.29) is 47.8 Å². The number of carbonyl (C=O) groups is 4. The van der Waals surface area contributed by atoms with Crippen LogP contribution in [0, 0.1) is 11.8 Å². The quantitative estimate of drug-likeness (QED) is 0.104. The first-order valence-electron chi connectivity index (χ1n) is 20.1.